The van der Waals surface area contributed by atoms with Crippen LogP contribution in [0.5, 0.6) is 0 Å². The van der Waals surface area contributed by atoms with E-state index in [0.29, 0.717) is 19.6 Å². The molecule has 2 aliphatic rings. The van der Waals surface area contributed by atoms with Crippen LogP contribution >= 0.6 is 12.4 Å². The van der Waals surface area contributed by atoms with E-state index in [-0.39, 0.29) is 36.9 Å². The molecule has 0 radical (unpaired) electrons. The number of carbonyl (C=O) groups excluding carboxylic acids is 1. The minimum Gasteiger partial charge on any atom is -0.383 e. The van der Waals surface area contributed by atoms with Crippen LogP contribution in [-0.2, 0) is 19.6 Å². The van der Waals surface area contributed by atoms with Gasteiger partial charge >= 0.3 is 0 Å². The summed E-state index contributed by atoms with van der Waals surface area (Å²) < 4.78 is 31.6. The number of hydrogen-bond acceptors (Lipinski definition) is 5. The summed E-state index contributed by atoms with van der Waals surface area (Å²) in [7, 11) is -1.82. The van der Waals surface area contributed by atoms with E-state index in [0.717, 1.165) is 32.2 Å². The average molecular weight is 384 g/mol. The van der Waals surface area contributed by atoms with E-state index in [1.165, 1.54) is 7.11 Å². The molecule has 7 nitrogen and oxygen atoms in total. The molecule has 1 amide bonds. The zero-order chi connectivity index (χ0) is 16.9. The number of halogens is 1. The smallest absolute Gasteiger partial charge is 0.237 e. The van der Waals surface area contributed by atoms with Gasteiger partial charge in [0.1, 0.15) is 0 Å². The molecular weight excluding hydrogens is 354 g/mol. The highest BCUT2D eigenvalue weighted by Crippen LogP contribution is 2.21. The molecule has 9 heteroatoms. The van der Waals surface area contributed by atoms with Crippen molar-refractivity contribution in [2.75, 3.05) is 39.9 Å². The lowest BCUT2D eigenvalue weighted by Crippen LogP contribution is -2.48. The highest BCUT2D eigenvalue weighted by molar-refractivity contribution is 7.89. The number of amides is 1. The lowest BCUT2D eigenvalue weighted by molar-refractivity contribution is -0.123. The molecule has 2 heterocycles. The normalized spacial score (nSPS) is 26.6. The van der Waals surface area contributed by atoms with Gasteiger partial charge in [0.2, 0.25) is 15.9 Å². The van der Waals surface area contributed by atoms with Gasteiger partial charge in [0.05, 0.1) is 17.9 Å². The maximum absolute atomic E-state index is 12.5. The third-order valence-electron chi connectivity index (χ3n) is 4.69. The Morgan fingerprint density at radius 2 is 2.12 bits per heavy atom. The Morgan fingerprint density at radius 1 is 1.38 bits per heavy atom. The number of nitrogens with zero attached hydrogens (tertiary/aromatic N) is 1. The van der Waals surface area contributed by atoms with Crippen molar-refractivity contribution in [2.45, 2.75) is 43.9 Å². The fourth-order valence-electron chi connectivity index (χ4n) is 3.28. The molecule has 2 aliphatic heterocycles. The number of methoxy groups -OCH3 is 1. The van der Waals surface area contributed by atoms with Gasteiger partial charge in [0.15, 0.2) is 0 Å². The monoisotopic (exact) mass is 383 g/mol. The van der Waals surface area contributed by atoms with Crippen molar-refractivity contribution >= 4 is 28.3 Å². The third kappa shape index (κ3) is 5.56. The number of rotatable bonds is 7. The van der Waals surface area contributed by atoms with Crippen LogP contribution in [0.15, 0.2) is 0 Å². The van der Waals surface area contributed by atoms with Gasteiger partial charge in [-0.15, -0.1) is 12.4 Å². The second-order valence-corrected chi connectivity index (χ2v) is 8.92. The molecule has 0 aliphatic carbocycles. The van der Waals surface area contributed by atoms with E-state index in [2.05, 4.69) is 10.6 Å². The van der Waals surface area contributed by atoms with Crippen LogP contribution in [0.25, 0.3) is 0 Å². The molecule has 0 aromatic carbocycles. The molecule has 0 saturated carbocycles. The summed E-state index contributed by atoms with van der Waals surface area (Å²) in [6.45, 7) is 4.36. The predicted molar refractivity (Wildman–Crippen MR) is 95.8 cm³/mol. The van der Waals surface area contributed by atoms with Crippen molar-refractivity contribution in [3.05, 3.63) is 0 Å². The Morgan fingerprint density at radius 3 is 2.75 bits per heavy atom. The van der Waals surface area contributed by atoms with Gasteiger partial charge in [0.25, 0.3) is 0 Å². The second-order valence-electron chi connectivity index (χ2n) is 6.57. The molecule has 0 bridgehead atoms. The van der Waals surface area contributed by atoms with Crippen LogP contribution < -0.4 is 10.6 Å². The molecule has 3 atom stereocenters. The van der Waals surface area contributed by atoms with Crippen molar-refractivity contribution in [1.29, 1.82) is 0 Å². The molecule has 142 valence electrons. The Bertz CT molecular complexity index is 497. The summed E-state index contributed by atoms with van der Waals surface area (Å²) in [5.41, 5.74) is 0. The molecule has 2 rings (SSSR count). The van der Waals surface area contributed by atoms with Crippen molar-refractivity contribution in [1.82, 2.24) is 14.9 Å². The lowest BCUT2D eigenvalue weighted by atomic mass is 9.99. The first-order valence-corrected chi connectivity index (χ1v) is 9.94. The lowest BCUT2D eigenvalue weighted by Gasteiger charge is -2.33. The second kappa shape index (κ2) is 9.91. The highest BCUT2D eigenvalue weighted by atomic mass is 35.5. The van der Waals surface area contributed by atoms with Crippen molar-refractivity contribution in [2.24, 2.45) is 5.92 Å². The van der Waals surface area contributed by atoms with Gasteiger partial charge in [-0.25, -0.2) is 12.7 Å². The summed E-state index contributed by atoms with van der Waals surface area (Å²) in [5.74, 6) is 0.217. The van der Waals surface area contributed by atoms with E-state index in [1.807, 2.05) is 0 Å². The largest absolute Gasteiger partial charge is 0.383 e. The van der Waals surface area contributed by atoms with E-state index in [1.54, 1.807) is 11.2 Å². The average Bonchev–Trinajstić information content (AvgIpc) is 3.07. The molecule has 2 saturated heterocycles. The topological polar surface area (TPSA) is 87.7 Å². The summed E-state index contributed by atoms with van der Waals surface area (Å²) in [6, 6.07) is -0.0832. The number of sulfonamides is 1. The minimum absolute atomic E-state index is 0. The van der Waals surface area contributed by atoms with Gasteiger partial charge in [-0.05, 0) is 45.1 Å². The Labute approximate surface area is 151 Å². The summed E-state index contributed by atoms with van der Waals surface area (Å²) >= 11 is 0. The Balaban J connectivity index is 0.00000288. The number of nitrogens with one attached hydrogen (secondary N) is 2. The number of ether oxygens (including phenoxy) is 1. The summed E-state index contributed by atoms with van der Waals surface area (Å²) in [5, 5.41) is 5.61. The van der Waals surface area contributed by atoms with E-state index >= 15 is 0 Å². The van der Waals surface area contributed by atoms with Crippen molar-refractivity contribution in [3.63, 3.8) is 0 Å². The summed E-state index contributed by atoms with van der Waals surface area (Å²) in [6.07, 6.45) is 3.70. The Kier molecular flexibility index (Phi) is 8.94. The molecule has 0 spiro atoms. The van der Waals surface area contributed by atoms with Gasteiger partial charge in [-0.3, -0.25) is 4.79 Å². The Hall–Kier alpha value is -0.410. The molecule has 24 heavy (non-hydrogen) atoms. The molecule has 3 unspecified atom stereocenters. The van der Waals surface area contributed by atoms with Gasteiger partial charge in [0, 0.05) is 26.7 Å². The van der Waals surface area contributed by atoms with E-state index in [4.69, 9.17) is 4.74 Å². The van der Waals surface area contributed by atoms with Gasteiger partial charge < -0.3 is 15.4 Å². The SMILES string of the molecule is COCC(C)S(=O)(=O)N1CCCC(CNC(=O)C2CCCN2)C1.Cl. The third-order valence-corrected chi connectivity index (χ3v) is 6.90. The zero-order valence-corrected chi connectivity index (χ0v) is 16.1. The molecular formula is C15H30ClN3O4S. The van der Waals surface area contributed by atoms with Crippen LogP contribution in [0.3, 0.4) is 0 Å². The predicted octanol–water partition coefficient (Wildman–Crippen LogP) is 0.353. The van der Waals surface area contributed by atoms with Crippen LogP contribution in [0.2, 0.25) is 0 Å². The van der Waals surface area contributed by atoms with E-state index in [9.17, 15) is 13.2 Å². The van der Waals surface area contributed by atoms with Gasteiger partial charge in [-0.2, -0.15) is 0 Å². The quantitative estimate of drug-likeness (QED) is 0.662. The van der Waals surface area contributed by atoms with Crippen LogP contribution in [0, 0.1) is 5.92 Å². The van der Waals surface area contributed by atoms with Crippen LogP contribution in [0.4, 0.5) is 0 Å². The van der Waals surface area contributed by atoms with Crippen LogP contribution in [0.1, 0.15) is 32.6 Å². The van der Waals surface area contributed by atoms with Crippen molar-refractivity contribution in [3.8, 4) is 0 Å². The fraction of sp³-hybridized carbons (Fsp3) is 0.933. The number of piperidine rings is 1. The first kappa shape index (κ1) is 21.6. The highest BCUT2D eigenvalue weighted by Gasteiger charge is 2.33. The molecule has 0 aromatic heterocycles. The van der Waals surface area contributed by atoms with Crippen LogP contribution in [-0.4, -0.2) is 69.8 Å². The standard InChI is InChI=1S/C15H29N3O4S.ClH/c1-12(11-22-2)23(20,21)18-8-4-5-13(10-18)9-17-15(19)14-6-3-7-16-14;/h12-14,16H,3-11H2,1-2H3,(H,17,19);1H. The minimum atomic E-state index is -3.33. The van der Waals surface area contributed by atoms with E-state index < -0.39 is 15.3 Å². The molecule has 0 aromatic rings. The van der Waals surface area contributed by atoms with Gasteiger partial charge in [-0.1, -0.05) is 0 Å². The maximum Gasteiger partial charge on any atom is 0.237 e. The first-order chi connectivity index (χ1) is 10.9. The molecule has 2 fully saturated rings. The maximum atomic E-state index is 12.5. The molecule has 2 N–H and O–H groups in total. The number of hydrogen-bond donors (Lipinski definition) is 2. The zero-order valence-electron chi connectivity index (χ0n) is 14.5. The summed E-state index contributed by atoms with van der Waals surface area (Å²) in [4.78, 5) is 12.0. The first-order valence-electron chi connectivity index (χ1n) is 8.44. The fourth-order valence-corrected chi connectivity index (χ4v) is 4.90. The van der Waals surface area contributed by atoms with Crippen molar-refractivity contribution < 1.29 is 17.9 Å². The number of carbonyl (C=O) groups is 1.